The lowest BCUT2D eigenvalue weighted by atomic mass is 9.99. The number of hydrogen-bond donors (Lipinski definition) is 6. The Hall–Kier alpha value is -4.62. The van der Waals surface area contributed by atoms with Crippen molar-refractivity contribution in [2.24, 2.45) is 21.5 Å². The van der Waals surface area contributed by atoms with E-state index in [1.54, 1.807) is 12.2 Å². The summed E-state index contributed by atoms with van der Waals surface area (Å²) >= 11 is 0. The van der Waals surface area contributed by atoms with Gasteiger partial charge < -0.3 is 37.2 Å². The van der Waals surface area contributed by atoms with Gasteiger partial charge in [0.2, 0.25) is 17.7 Å². The molecule has 0 radical (unpaired) electrons. The zero-order chi connectivity index (χ0) is 31.2. The molecule has 0 saturated carbocycles. The minimum atomic E-state index is -3.06. The molecule has 13 nitrogen and oxygen atoms in total. The van der Waals surface area contributed by atoms with Crippen LogP contribution in [0.3, 0.4) is 0 Å². The number of fused-ring (bicyclic) bond motifs is 1. The van der Waals surface area contributed by atoms with Crippen molar-refractivity contribution in [3.8, 4) is 0 Å². The van der Waals surface area contributed by atoms with E-state index in [2.05, 4.69) is 20.6 Å². The molecule has 13 heteroatoms. The van der Waals surface area contributed by atoms with E-state index >= 15 is 0 Å². The van der Waals surface area contributed by atoms with Gasteiger partial charge >= 0.3 is 5.91 Å². The van der Waals surface area contributed by atoms with Crippen molar-refractivity contribution in [3.05, 3.63) is 72.4 Å². The third-order valence-corrected chi connectivity index (χ3v) is 7.05. The van der Waals surface area contributed by atoms with Gasteiger partial charge in [-0.25, -0.2) is 4.99 Å². The number of carbonyl (C=O) groups is 4. The lowest BCUT2D eigenvalue weighted by Gasteiger charge is -2.33. The van der Waals surface area contributed by atoms with Gasteiger partial charge in [0.15, 0.2) is 5.96 Å². The second-order valence-electron chi connectivity index (χ2n) is 10.2. The van der Waals surface area contributed by atoms with Gasteiger partial charge in [0.1, 0.15) is 12.1 Å². The number of guanidine groups is 1. The monoisotopic (exact) mass is 593 g/mol. The Labute approximate surface area is 250 Å². The van der Waals surface area contributed by atoms with Crippen LogP contribution in [0.15, 0.2) is 76.8 Å². The SMILES string of the molecule is NC(N)=NCCC[C@@H]1NC(=O)[C@@H]2CCCN2C(=O)[C@@H](CCc2ccccc2)NC(=O)\C=C/C=C/C=C/C=NC(=O)C1(O)O. The van der Waals surface area contributed by atoms with Crippen LogP contribution in [0, 0.1) is 0 Å². The number of nitrogens with one attached hydrogen (secondary N) is 2. The first-order valence-corrected chi connectivity index (χ1v) is 14.1. The fourth-order valence-electron chi connectivity index (χ4n) is 4.82. The average molecular weight is 594 g/mol. The molecule has 0 aliphatic carbocycles. The number of rotatable bonds is 7. The maximum atomic E-state index is 13.8. The predicted molar refractivity (Wildman–Crippen MR) is 161 cm³/mol. The summed E-state index contributed by atoms with van der Waals surface area (Å²) in [5.41, 5.74) is 11.7. The zero-order valence-corrected chi connectivity index (χ0v) is 23.8. The van der Waals surface area contributed by atoms with E-state index in [1.807, 2.05) is 30.3 Å². The Kier molecular flexibility index (Phi) is 12.3. The second kappa shape index (κ2) is 16.1. The van der Waals surface area contributed by atoms with Gasteiger partial charge in [-0.05, 0) is 50.2 Å². The van der Waals surface area contributed by atoms with E-state index in [0.717, 1.165) is 11.8 Å². The molecule has 1 aromatic carbocycles. The summed E-state index contributed by atoms with van der Waals surface area (Å²) in [4.78, 5) is 61.5. The smallest absolute Gasteiger partial charge is 0.307 e. The van der Waals surface area contributed by atoms with Crippen molar-refractivity contribution in [2.45, 2.75) is 62.4 Å². The van der Waals surface area contributed by atoms with Gasteiger partial charge in [0.05, 0.1) is 6.04 Å². The summed E-state index contributed by atoms with van der Waals surface area (Å²) < 4.78 is 0. The van der Waals surface area contributed by atoms with Crippen LogP contribution >= 0.6 is 0 Å². The highest BCUT2D eigenvalue weighted by atomic mass is 16.5. The van der Waals surface area contributed by atoms with Crippen molar-refractivity contribution < 1.29 is 29.4 Å². The van der Waals surface area contributed by atoms with E-state index in [9.17, 15) is 29.4 Å². The molecule has 1 aromatic rings. The quantitative estimate of drug-likeness (QED) is 0.106. The number of benzene rings is 1. The lowest BCUT2D eigenvalue weighted by Crippen LogP contribution is -2.60. The molecule has 0 unspecified atom stereocenters. The Balaban J connectivity index is 1.91. The zero-order valence-electron chi connectivity index (χ0n) is 23.8. The summed E-state index contributed by atoms with van der Waals surface area (Å²) in [5, 5.41) is 27.0. The fraction of sp³-hybridized carbons (Fsp3) is 0.400. The van der Waals surface area contributed by atoms with Crippen LogP contribution in [0.4, 0.5) is 0 Å². The van der Waals surface area contributed by atoms with E-state index in [-0.39, 0.29) is 31.9 Å². The standard InChI is InChI=1S/C30H39N7O6/c31-29(32)34-19-9-14-24-30(42,43)28(41)33-18-8-3-1-2-7-15-25(38)35-22(17-16-21-11-5-4-6-12-21)27(40)37-20-10-13-23(37)26(39)36-24/h1-8,11-12,15,18,22-24,42-43H,9-10,13-14,16-17,19-20H2,(H,35,38)(H,36,39)(H4,31,32,34)/b2-1+,8-3+,15-7-,33-18?/t22-,23+,24+/m1/s1. The predicted octanol–water partition coefficient (Wildman–Crippen LogP) is -0.406. The summed E-state index contributed by atoms with van der Waals surface area (Å²) in [6.07, 6.45) is 11.6. The van der Waals surface area contributed by atoms with Gasteiger partial charge in [-0.3, -0.25) is 24.2 Å². The molecule has 2 aliphatic rings. The van der Waals surface area contributed by atoms with Crippen LogP contribution in [0.5, 0.6) is 0 Å². The molecule has 0 spiro atoms. The van der Waals surface area contributed by atoms with E-state index in [0.29, 0.717) is 25.7 Å². The van der Waals surface area contributed by atoms with E-state index < -0.39 is 47.5 Å². The first-order chi connectivity index (χ1) is 20.6. The third kappa shape index (κ3) is 10.0. The van der Waals surface area contributed by atoms with Crippen LogP contribution < -0.4 is 22.1 Å². The number of nitrogens with two attached hydrogens (primary N) is 2. The molecule has 43 heavy (non-hydrogen) atoms. The molecule has 3 rings (SSSR count). The Bertz CT molecular complexity index is 1280. The molecular formula is C30H39N7O6. The molecule has 2 heterocycles. The third-order valence-electron chi connectivity index (χ3n) is 7.05. The maximum absolute atomic E-state index is 13.8. The Morgan fingerprint density at radius 3 is 2.47 bits per heavy atom. The molecule has 4 amide bonds. The lowest BCUT2D eigenvalue weighted by molar-refractivity contribution is -0.194. The average Bonchev–Trinajstić information content (AvgIpc) is 3.47. The number of nitrogens with zero attached hydrogens (tertiary/aromatic N) is 3. The maximum Gasteiger partial charge on any atom is 0.307 e. The van der Waals surface area contributed by atoms with Gasteiger partial charge in [-0.2, -0.15) is 0 Å². The van der Waals surface area contributed by atoms with E-state index in [1.165, 1.54) is 29.2 Å². The van der Waals surface area contributed by atoms with Crippen LogP contribution in [0.1, 0.15) is 37.7 Å². The van der Waals surface area contributed by atoms with Gasteiger partial charge in [0, 0.05) is 25.4 Å². The molecule has 1 saturated heterocycles. The molecule has 8 N–H and O–H groups in total. The summed E-state index contributed by atoms with van der Waals surface area (Å²) in [5.74, 6) is -6.08. The van der Waals surface area contributed by atoms with Crippen LogP contribution in [0.2, 0.25) is 0 Å². The molecule has 1 fully saturated rings. The van der Waals surface area contributed by atoms with Gasteiger partial charge in [-0.15, -0.1) is 0 Å². The fourth-order valence-corrected chi connectivity index (χ4v) is 4.82. The van der Waals surface area contributed by atoms with Crippen molar-refractivity contribution >= 4 is 35.8 Å². The van der Waals surface area contributed by atoms with Gasteiger partial charge in [-0.1, -0.05) is 54.6 Å². The normalized spacial score (nSPS) is 25.3. The van der Waals surface area contributed by atoms with Crippen LogP contribution in [-0.4, -0.2) is 87.9 Å². The minimum Gasteiger partial charge on any atom is -0.370 e. The number of carbonyl (C=O) groups excluding carboxylic acids is 4. The molecule has 0 bridgehead atoms. The summed E-state index contributed by atoms with van der Waals surface area (Å²) in [6.45, 7) is 0.378. The Morgan fingerprint density at radius 1 is 1.00 bits per heavy atom. The highest BCUT2D eigenvalue weighted by Crippen LogP contribution is 2.22. The number of aliphatic hydroxyl groups is 2. The second-order valence-corrected chi connectivity index (χ2v) is 10.2. The van der Waals surface area contributed by atoms with Crippen molar-refractivity contribution in [1.29, 1.82) is 0 Å². The molecule has 230 valence electrons. The number of aryl methyl sites for hydroxylation is 1. The van der Waals surface area contributed by atoms with Crippen molar-refractivity contribution in [1.82, 2.24) is 15.5 Å². The molecule has 0 aromatic heterocycles. The topological polar surface area (TPSA) is 213 Å². The molecule has 3 atom stereocenters. The van der Waals surface area contributed by atoms with Crippen LogP contribution in [-0.2, 0) is 25.6 Å². The Morgan fingerprint density at radius 2 is 1.72 bits per heavy atom. The first kappa shape index (κ1) is 32.9. The van der Waals surface area contributed by atoms with Crippen molar-refractivity contribution in [2.75, 3.05) is 13.1 Å². The number of hydrogen-bond acceptors (Lipinski definition) is 7. The summed E-state index contributed by atoms with van der Waals surface area (Å²) in [7, 11) is 0. The molecular weight excluding hydrogens is 554 g/mol. The van der Waals surface area contributed by atoms with Gasteiger partial charge in [0.25, 0.3) is 5.79 Å². The molecule has 2 aliphatic heterocycles. The van der Waals surface area contributed by atoms with E-state index in [4.69, 9.17) is 11.5 Å². The van der Waals surface area contributed by atoms with Crippen LogP contribution in [0.25, 0.3) is 0 Å². The highest BCUT2D eigenvalue weighted by Gasteiger charge is 2.45. The first-order valence-electron chi connectivity index (χ1n) is 14.1. The van der Waals surface area contributed by atoms with Crippen molar-refractivity contribution in [3.63, 3.8) is 0 Å². The summed E-state index contributed by atoms with van der Waals surface area (Å²) in [6, 6.07) is 6.15. The number of aliphatic imine (C=N–C) groups is 2. The highest BCUT2D eigenvalue weighted by molar-refractivity contribution is 5.96. The largest absolute Gasteiger partial charge is 0.370 e. The number of amides is 4. The number of allylic oxidation sites excluding steroid dienone is 5. The minimum absolute atomic E-state index is 0.0859.